The Hall–Kier alpha value is -1.18. The zero-order valence-electron chi connectivity index (χ0n) is 14.9. The molecule has 0 saturated heterocycles. The van der Waals surface area contributed by atoms with E-state index in [1.54, 1.807) is 19.2 Å². The highest BCUT2D eigenvalue weighted by Gasteiger charge is 2.34. The van der Waals surface area contributed by atoms with Gasteiger partial charge in [-0.2, -0.15) is 0 Å². The number of halogens is 1. The molecule has 24 heavy (non-hydrogen) atoms. The third kappa shape index (κ3) is 5.43. The van der Waals surface area contributed by atoms with E-state index in [9.17, 15) is 5.11 Å². The summed E-state index contributed by atoms with van der Waals surface area (Å²) in [6.07, 6.45) is 5.14. The minimum atomic E-state index is 0. The highest BCUT2D eigenvalue weighted by Crippen LogP contribution is 2.43. The SMILES string of the molecule is CCNC(=NCc1cc(OC)ccc1O)NCC1(CC)CCC1.I. The van der Waals surface area contributed by atoms with Crippen LogP contribution in [0.15, 0.2) is 23.2 Å². The summed E-state index contributed by atoms with van der Waals surface area (Å²) in [5.74, 6) is 1.77. The van der Waals surface area contributed by atoms with Gasteiger partial charge in [0.1, 0.15) is 11.5 Å². The van der Waals surface area contributed by atoms with E-state index in [2.05, 4.69) is 29.5 Å². The normalized spacial score (nSPS) is 15.9. The number of hydrogen-bond acceptors (Lipinski definition) is 3. The first-order valence-electron chi connectivity index (χ1n) is 8.50. The standard InChI is InChI=1S/C18H29N3O2.HI/c1-4-18(9-6-10-18)13-21-17(19-5-2)20-12-14-11-15(23-3)7-8-16(14)22;/h7-8,11,22H,4-6,9-10,12-13H2,1-3H3,(H2,19,20,21);1H. The average molecular weight is 447 g/mol. The van der Waals surface area contributed by atoms with E-state index >= 15 is 0 Å². The van der Waals surface area contributed by atoms with Gasteiger partial charge < -0.3 is 20.5 Å². The quantitative estimate of drug-likeness (QED) is 0.339. The number of ether oxygens (including phenoxy) is 1. The number of methoxy groups -OCH3 is 1. The van der Waals surface area contributed by atoms with Crippen LogP contribution in [0.5, 0.6) is 11.5 Å². The molecule has 0 radical (unpaired) electrons. The highest BCUT2D eigenvalue weighted by atomic mass is 127. The van der Waals surface area contributed by atoms with Crippen LogP contribution in [-0.2, 0) is 6.54 Å². The number of aromatic hydroxyl groups is 1. The number of phenolic OH excluding ortho intramolecular Hbond substituents is 1. The van der Waals surface area contributed by atoms with E-state index in [1.807, 2.05) is 6.07 Å². The van der Waals surface area contributed by atoms with Crippen LogP contribution in [0.4, 0.5) is 0 Å². The molecule has 1 aliphatic carbocycles. The Kier molecular flexibility index (Phi) is 8.66. The number of phenols is 1. The molecule has 0 unspecified atom stereocenters. The smallest absolute Gasteiger partial charge is 0.191 e. The first-order chi connectivity index (χ1) is 11.1. The zero-order chi connectivity index (χ0) is 16.7. The first-order valence-corrected chi connectivity index (χ1v) is 8.50. The summed E-state index contributed by atoms with van der Waals surface area (Å²) in [5, 5.41) is 16.7. The van der Waals surface area contributed by atoms with Gasteiger partial charge in [0.25, 0.3) is 0 Å². The second-order valence-electron chi connectivity index (χ2n) is 6.25. The predicted octanol–water partition coefficient (Wildman–Crippen LogP) is 3.65. The first kappa shape index (κ1) is 20.9. The van der Waals surface area contributed by atoms with Crippen LogP contribution in [-0.4, -0.2) is 31.3 Å². The summed E-state index contributed by atoms with van der Waals surface area (Å²) in [6.45, 7) is 6.50. The van der Waals surface area contributed by atoms with Gasteiger partial charge in [0.15, 0.2) is 5.96 Å². The van der Waals surface area contributed by atoms with Crippen molar-refractivity contribution in [2.24, 2.45) is 10.4 Å². The van der Waals surface area contributed by atoms with Crippen LogP contribution < -0.4 is 15.4 Å². The van der Waals surface area contributed by atoms with Gasteiger partial charge in [-0.05, 0) is 49.8 Å². The fraction of sp³-hybridized carbons (Fsp3) is 0.611. The van der Waals surface area contributed by atoms with Gasteiger partial charge in [-0.1, -0.05) is 13.3 Å². The molecule has 6 heteroatoms. The second-order valence-corrected chi connectivity index (χ2v) is 6.25. The molecule has 0 aromatic heterocycles. The minimum Gasteiger partial charge on any atom is -0.508 e. The number of guanidine groups is 1. The van der Waals surface area contributed by atoms with E-state index < -0.39 is 0 Å². The molecule has 2 rings (SSSR count). The van der Waals surface area contributed by atoms with Gasteiger partial charge >= 0.3 is 0 Å². The van der Waals surface area contributed by atoms with E-state index in [0.717, 1.165) is 30.4 Å². The largest absolute Gasteiger partial charge is 0.508 e. The topological polar surface area (TPSA) is 65.9 Å². The molecule has 5 nitrogen and oxygen atoms in total. The van der Waals surface area contributed by atoms with Crippen LogP contribution in [0.25, 0.3) is 0 Å². The summed E-state index contributed by atoms with van der Waals surface area (Å²) >= 11 is 0. The Morgan fingerprint density at radius 2 is 2.04 bits per heavy atom. The van der Waals surface area contributed by atoms with Gasteiger partial charge in [-0.25, -0.2) is 4.99 Å². The van der Waals surface area contributed by atoms with Crippen molar-refractivity contribution in [2.45, 2.75) is 46.1 Å². The fourth-order valence-corrected chi connectivity index (χ4v) is 2.92. The number of nitrogens with zero attached hydrogens (tertiary/aromatic N) is 1. The Balaban J connectivity index is 0.00000288. The number of rotatable bonds is 7. The van der Waals surface area contributed by atoms with E-state index in [0.29, 0.717) is 12.0 Å². The summed E-state index contributed by atoms with van der Waals surface area (Å²) in [7, 11) is 1.62. The van der Waals surface area contributed by atoms with Gasteiger partial charge in [-0.15, -0.1) is 24.0 Å². The molecule has 0 atom stereocenters. The molecule has 136 valence electrons. The van der Waals surface area contributed by atoms with E-state index in [4.69, 9.17) is 4.74 Å². The molecule has 1 fully saturated rings. The van der Waals surface area contributed by atoms with Crippen LogP contribution in [0.1, 0.15) is 45.1 Å². The van der Waals surface area contributed by atoms with Crippen LogP contribution in [0.3, 0.4) is 0 Å². The number of aliphatic imine (C=N–C) groups is 1. The zero-order valence-corrected chi connectivity index (χ0v) is 17.2. The van der Waals surface area contributed by atoms with Crippen LogP contribution >= 0.6 is 24.0 Å². The van der Waals surface area contributed by atoms with Crippen molar-refractivity contribution in [1.82, 2.24) is 10.6 Å². The third-order valence-corrected chi connectivity index (χ3v) is 4.83. The molecule has 1 aromatic carbocycles. The maximum Gasteiger partial charge on any atom is 0.191 e. The molecule has 1 aliphatic rings. The molecule has 1 saturated carbocycles. The summed E-state index contributed by atoms with van der Waals surface area (Å²) in [5.41, 5.74) is 1.20. The van der Waals surface area contributed by atoms with E-state index in [1.165, 1.54) is 25.7 Å². The minimum absolute atomic E-state index is 0. The maximum atomic E-state index is 9.95. The Labute approximate surface area is 162 Å². The Bertz CT molecular complexity index is 540. The van der Waals surface area contributed by atoms with Crippen LogP contribution in [0, 0.1) is 5.41 Å². The van der Waals surface area contributed by atoms with Crippen molar-refractivity contribution in [2.75, 3.05) is 20.2 Å². The van der Waals surface area contributed by atoms with Gasteiger partial charge in [0, 0.05) is 18.7 Å². The van der Waals surface area contributed by atoms with Crippen molar-refractivity contribution < 1.29 is 9.84 Å². The van der Waals surface area contributed by atoms with Crippen molar-refractivity contribution >= 4 is 29.9 Å². The third-order valence-electron chi connectivity index (χ3n) is 4.83. The maximum absolute atomic E-state index is 9.95. The molecule has 1 aromatic rings. The van der Waals surface area contributed by atoms with Crippen molar-refractivity contribution in [3.63, 3.8) is 0 Å². The molecular formula is C18H30IN3O2. The molecule has 0 spiro atoms. The average Bonchev–Trinajstić information content (AvgIpc) is 2.53. The van der Waals surface area contributed by atoms with Gasteiger partial charge in [0.05, 0.1) is 13.7 Å². The summed E-state index contributed by atoms with van der Waals surface area (Å²) in [4.78, 5) is 4.59. The monoisotopic (exact) mass is 447 g/mol. The molecule has 0 amide bonds. The number of nitrogens with one attached hydrogen (secondary N) is 2. The van der Waals surface area contributed by atoms with Crippen LogP contribution in [0.2, 0.25) is 0 Å². The second kappa shape index (κ2) is 9.96. The lowest BCUT2D eigenvalue weighted by atomic mass is 9.67. The Morgan fingerprint density at radius 1 is 1.29 bits per heavy atom. The van der Waals surface area contributed by atoms with Crippen molar-refractivity contribution in [3.8, 4) is 11.5 Å². The predicted molar refractivity (Wildman–Crippen MR) is 109 cm³/mol. The lowest BCUT2D eigenvalue weighted by Gasteiger charge is -2.41. The summed E-state index contributed by atoms with van der Waals surface area (Å²) in [6, 6.07) is 5.21. The summed E-state index contributed by atoms with van der Waals surface area (Å²) < 4.78 is 5.20. The molecule has 3 N–H and O–H groups in total. The van der Waals surface area contributed by atoms with Gasteiger partial charge in [0.2, 0.25) is 0 Å². The van der Waals surface area contributed by atoms with E-state index in [-0.39, 0.29) is 29.7 Å². The van der Waals surface area contributed by atoms with Crippen molar-refractivity contribution in [1.29, 1.82) is 0 Å². The molecular weight excluding hydrogens is 417 g/mol. The van der Waals surface area contributed by atoms with Gasteiger partial charge in [-0.3, -0.25) is 0 Å². The fourth-order valence-electron chi connectivity index (χ4n) is 2.92. The number of hydrogen-bond donors (Lipinski definition) is 3. The highest BCUT2D eigenvalue weighted by molar-refractivity contribution is 14.0. The molecule has 0 aliphatic heterocycles. The molecule has 0 heterocycles. The number of benzene rings is 1. The van der Waals surface area contributed by atoms with Crippen molar-refractivity contribution in [3.05, 3.63) is 23.8 Å². The lowest BCUT2D eigenvalue weighted by Crippen LogP contribution is -2.46. The lowest BCUT2D eigenvalue weighted by molar-refractivity contribution is 0.131. The Morgan fingerprint density at radius 3 is 2.58 bits per heavy atom. The molecule has 0 bridgehead atoms.